The Kier molecular flexibility index (Phi) is 5.03. The molecule has 0 fully saturated rings. The molecule has 1 aromatic rings. The molecule has 0 bridgehead atoms. The van der Waals surface area contributed by atoms with E-state index >= 15 is 0 Å². The second-order valence-corrected chi connectivity index (χ2v) is 5.14. The zero-order chi connectivity index (χ0) is 15.2. The lowest BCUT2D eigenvalue weighted by Crippen LogP contribution is -2.42. The van der Waals surface area contributed by atoms with Gasteiger partial charge in [-0.25, -0.2) is 0 Å². The topological polar surface area (TPSA) is 77.1 Å². The Morgan fingerprint density at radius 2 is 2.00 bits per heavy atom. The first-order valence-corrected chi connectivity index (χ1v) is 7.01. The minimum Gasteiger partial charge on any atom is -0.480 e. The number of hydrogen-bond acceptors (Lipinski definition) is 4. The zero-order valence-corrected chi connectivity index (χ0v) is 12.1. The van der Waals surface area contributed by atoms with Crippen molar-refractivity contribution in [3.05, 3.63) is 28.8 Å². The Bertz CT molecular complexity index is 600. The first-order chi connectivity index (χ1) is 10.2. The van der Waals surface area contributed by atoms with Gasteiger partial charge in [-0.15, -0.1) is 0 Å². The van der Waals surface area contributed by atoms with Crippen LogP contribution in [0.1, 0.15) is 18.4 Å². The lowest BCUT2D eigenvalue weighted by Gasteiger charge is -2.23. The lowest BCUT2D eigenvalue weighted by atomic mass is 10.1. The maximum Gasteiger partial charge on any atom is 0.264 e. The van der Waals surface area contributed by atoms with Crippen LogP contribution < -0.4 is 4.74 Å². The van der Waals surface area contributed by atoms with Gasteiger partial charge in [0.05, 0.1) is 25.0 Å². The van der Waals surface area contributed by atoms with E-state index in [0.717, 1.165) is 5.56 Å². The predicted octanol–water partition coefficient (Wildman–Crippen LogP) is 2.30. The van der Waals surface area contributed by atoms with Crippen LogP contribution in [0.2, 0.25) is 5.02 Å². The van der Waals surface area contributed by atoms with Crippen molar-refractivity contribution >= 4 is 17.5 Å². The zero-order valence-electron chi connectivity index (χ0n) is 11.4. The summed E-state index contributed by atoms with van der Waals surface area (Å²) in [5.74, 6) is 0.478. The molecule has 0 unspecified atom stereocenters. The second-order valence-electron chi connectivity index (χ2n) is 4.70. The summed E-state index contributed by atoms with van der Waals surface area (Å²) in [7, 11) is 0. The second kappa shape index (κ2) is 6.97. The molecule has 0 saturated carbocycles. The molecule has 1 aromatic carbocycles. The molecule has 21 heavy (non-hydrogen) atoms. The summed E-state index contributed by atoms with van der Waals surface area (Å²) in [4.78, 5) is 14.0. The van der Waals surface area contributed by atoms with E-state index in [-0.39, 0.29) is 18.7 Å². The Labute approximate surface area is 128 Å². The lowest BCUT2D eigenvalue weighted by molar-refractivity contribution is -0.137. The van der Waals surface area contributed by atoms with Crippen LogP contribution >= 0.6 is 11.6 Å². The summed E-state index contributed by atoms with van der Waals surface area (Å²) in [6.45, 7) is 0.627. The van der Waals surface area contributed by atoms with Crippen molar-refractivity contribution in [3.8, 4) is 17.9 Å². The molecule has 5 nitrogen and oxygen atoms in total. The third-order valence-corrected chi connectivity index (χ3v) is 3.51. The van der Waals surface area contributed by atoms with E-state index in [1.165, 1.54) is 4.90 Å². The predicted molar refractivity (Wildman–Crippen MR) is 76.6 cm³/mol. The van der Waals surface area contributed by atoms with E-state index in [0.29, 0.717) is 30.3 Å². The van der Waals surface area contributed by atoms with Gasteiger partial charge in [-0.3, -0.25) is 4.79 Å². The largest absolute Gasteiger partial charge is 0.480 e. The molecule has 6 heteroatoms. The number of halogens is 1. The molecule has 108 valence electrons. The minimum absolute atomic E-state index is 0.187. The van der Waals surface area contributed by atoms with Gasteiger partial charge in [0.25, 0.3) is 5.91 Å². The average Bonchev–Trinajstić information content (AvgIpc) is 2.89. The van der Waals surface area contributed by atoms with E-state index in [1.807, 2.05) is 12.1 Å². The number of ether oxygens (including phenoxy) is 1. The smallest absolute Gasteiger partial charge is 0.264 e. The molecule has 0 aromatic heterocycles. The van der Waals surface area contributed by atoms with Crippen LogP contribution in [-0.2, 0) is 11.2 Å². The molecule has 0 N–H and O–H groups in total. The summed E-state index contributed by atoms with van der Waals surface area (Å²) in [5, 5.41) is 17.9. The first kappa shape index (κ1) is 15.2. The molecule has 1 heterocycles. The molecule has 0 spiro atoms. The fourth-order valence-electron chi connectivity index (χ4n) is 2.26. The highest BCUT2D eigenvalue weighted by Crippen LogP contribution is 2.31. The number of carbonyl (C=O) groups is 1. The molecule has 1 aliphatic rings. The molecule has 2 rings (SSSR count). The number of carbonyl (C=O) groups excluding carboxylic acids is 1. The van der Waals surface area contributed by atoms with Gasteiger partial charge in [-0.1, -0.05) is 11.6 Å². The summed E-state index contributed by atoms with van der Waals surface area (Å²) < 4.78 is 5.65. The number of amides is 1. The molecule has 0 saturated heterocycles. The highest BCUT2D eigenvalue weighted by atomic mass is 35.5. The van der Waals surface area contributed by atoms with Gasteiger partial charge in [0, 0.05) is 24.5 Å². The van der Waals surface area contributed by atoms with Gasteiger partial charge in [-0.05, 0) is 23.8 Å². The van der Waals surface area contributed by atoms with Crippen LogP contribution in [-0.4, -0.2) is 30.0 Å². The van der Waals surface area contributed by atoms with E-state index < -0.39 is 6.10 Å². The number of benzene rings is 1. The number of fused-ring (bicyclic) bond motifs is 1. The fourth-order valence-corrected chi connectivity index (χ4v) is 2.46. The van der Waals surface area contributed by atoms with Gasteiger partial charge in [0.1, 0.15) is 5.75 Å². The van der Waals surface area contributed by atoms with Crippen LogP contribution in [0.3, 0.4) is 0 Å². The normalized spacial score (nSPS) is 15.5. The first-order valence-electron chi connectivity index (χ1n) is 6.63. The van der Waals surface area contributed by atoms with Gasteiger partial charge in [0.2, 0.25) is 0 Å². The Balaban J connectivity index is 2.05. The highest BCUT2D eigenvalue weighted by Gasteiger charge is 2.32. The van der Waals surface area contributed by atoms with Crippen LogP contribution in [0.15, 0.2) is 18.2 Å². The van der Waals surface area contributed by atoms with E-state index in [2.05, 4.69) is 0 Å². The number of nitriles is 2. The van der Waals surface area contributed by atoms with Crippen molar-refractivity contribution in [2.24, 2.45) is 0 Å². The summed E-state index contributed by atoms with van der Waals surface area (Å²) >= 11 is 5.93. The summed E-state index contributed by atoms with van der Waals surface area (Å²) in [6.07, 6.45) is 0.339. The fraction of sp³-hybridized carbons (Fsp3) is 0.400. The van der Waals surface area contributed by atoms with Gasteiger partial charge in [0.15, 0.2) is 6.10 Å². The molecule has 1 atom stereocenters. The van der Waals surface area contributed by atoms with Crippen molar-refractivity contribution in [2.45, 2.75) is 25.4 Å². The highest BCUT2D eigenvalue weighted by molar-refractivity contribution is 6.30. The van der Waals surface area contributed by atoms with Crippen molar-refractivity contribution in [1.82, 2.24) is 4.90 Å². The van der Waals surface area contributed by atoms with Gasteiger partial charge in [-0.2, -0.15) is 10.5 Å². The Morgan fingerprint density at radius 3 is 2.62 bits per heavy atom. The maximum atomic E-state index is 12.5. The van der Waals surface area contributed by atoms with E-state index in [4.69, 9.17) is 26.9 Å². The average molecular weight is 304 g/mol. The van der Waals surface area contributed by atoms with Gasteiger partial charge >= 0.3 is 0 Å². The molecular weight excluding hydrogens is 290 g/mol. The third kappa shape index (κ3) is 3.65. The molecular formula is C15H14ClN3O2. The molecule has 0 radical (unpaired) electrons. The van der Waals surface area contributed by atoms with Gasteiger partial charge < -0.3 is 9.64 Å². The number of nitrogens with zero attached hydrogens (tertiary/aromatic N) is 3. The quantitative estimate of drug-likeness (QED) is 0.836. The van der Waals surface area contributed by atoms with Crippen molar-refractivity contribution in [3.63, 3.8) is 0 Å². The molecule has 0 aliphatic carbocycles. The van der Waals surface area contributed by atoms with E-state index in [1.54, 1.807) is 18.2 Å². The third-order valence-electron chi connectivity index (χ3n) is 3.27. The van der Waals surface area contributed by atoms with Crippen LogP contribution in [0.4, 0.5) is 0 Å². The SMILES string of the molecule is N#CCCN(CCC#N)C(=O)[C@@H]1Cc2cc(Cl)ccc2O1. The molecule has 1 amide bonds. The van der Waals surface area contributed by atoms with Crippen LogP contribution in [0.5, 0.6) is 5.75 Å². The van der Waals surface area contributed by atoms with Crippen molar-refractivity contribution in [1.29, 1.82) is 10.5 Å². The van der Waals surface area contributed by atoms with Crippen molar-refractivity contribution in [2.75, 3.05) is 13.1 Å². The summed E-state index contributed by atoms with van der Waals surface area (Å²) in [5.41, 5.74) is 0.904. The number of rotatable bonds is 5. The van der Waals surface area contributed by atoms with Crippen LogP contribution in [0.25, 0.3) is 0 Å². The maximum absolute atomic E-state index is 12.5. The standard InChI is InChI=1S/C15H14ClN3O2/c16-12-3-4-13-11(9-12)10-14(21-13)15(20)19(7-1-5-17)8-2-6-18/h3-4,9,14H,1-2,7-8,10H2/t14-/m0/s1. The van der Waals surface area contributed by atoms with Crippen LogP contribution in [0, 0.1) is 22.7 Å². The summed E-state index contributed by atoms with van der Waals surface area (Å²) in [6, 6.07) is 9.28. The Morgan fingerprint density at radius 1 is 1.33 bits per heavy atom. The van der Waals surface area contributed by atoms with Crippen molar-refractivity contribution < 1.29 is 9.53 Å². The Hall–Kier alpha value is -2.24. The minimum atomic E-state index is -0.601. The monoisotopic (exact) mass is 303 g/mol. The number of hydrogen-bond donors (Lipinski definition) is 0. The molecule has 1 aliphatic heterocycles. The van der Waals surface area contributed by atoms with E-state index in [9.17, 15) is 4.79 Å².